The number of terminal acetylenes is 1. The summed E-state index contributed by atoms with van der Waals surface area (Å²) >= 11 is 4.94. The van der Waals surface area contributed by atoms with Gasteiger partial charge in [0.05, 0.1) is 6.54 Å². The van der Waals surface area contributed by atoms with E-state index in [2.05, 4.69) is 16.6 Å². The quantitative estimate of drug-likeness (QED) is 0.591. The molecule has 1 rings (SSSR count). The summed E-state index contributed by atoms with van der Waals surface area (Å²) in [7, 11) is 0. The second kappa shape index (κ2) is 5.32. The van der Waals surface area contributed by atoms with E-state index in [0.29, 0.717) is 22.9 Å². The first-order valence-corrected chi connectivity index (χ1v) is 4.79. The van der Waals surface area contributed by atoms with Crippen LogP contribution in [0.4, 0.5) is 10.1 Å². The topological polar surface area (TPSA) is 24.1 Å². The van der Waals surface area contributed by atoms with Crippen molar-refractivity contribution >= 4 is 23.0 Å². The SMILES string of the molecule is C#CCNC(=S)Nc1ccc(C)c(F)c1. The van der Waals surface area contributed by atoms with Gasteiger partial charge in [-0.2, -0.15) is 0 Å². The first-order valence-electron chi connectivity index (χ1n) is 4.38. The van der Waals surface area contributed by atoms with Crippen molar-refractivity contribution in [1.29, 1.82) is 0 Å². The molecule has 4 heteroatoms. The molecule has 0 radical (unpaired) electrons. The Morgan fingerprint density at radius 1 is 1.60 bits per heavy atom. The van der Waals surface area contributed by atoms with Crippen molar-refractivity contribution in [2.45, 2.75) is 6.92 Å². The summed E-state index contributed by atoms with van der Waals surface area (Å²) in [5.41, 5.74) is 1.20. The van der Waals surface area contributed by atoms with Gasteiger partial charge in [-0.3, -0.25) is 0 Å². The summed E-state index contributed by atoms with van der Waals surface area (Å²) in [5.74, 6) is 2.13. The van der Waals surface area contributed by atoms with Crippen molar-refractivity contribution in [1.82, 2.24) is 5.32 Å². The molecule has 0 spiro atoms. The van der Waals surface area contributed by atoms with Gasteiger partial charge in [0.25, 0.3) is 0 Å². The van der Waals surface area contributed by atoms with Gasteiger partial charge in [0.15, 0.2) is 5.11 Å². The van der Waals surface area contributed by atoms with Gasteiger partial charge in [0.2, 0.25) is 0 Å². The van der Waals surface area contributed by atoms with Crippen LogP contribution in [0.3, 0.4) is 0 Å². The van der Waals surface area contributed by atoms with Gasteiger partial charge >= 0.3 is 0 Å². The summed E-state index contributed by atoms with van der Waals surface area (Å²) in [4.78, 5) is 0. The minimum absolute atomic E-state index is 0.264. The fourth-order valence-corrected chi connectivity index (χ4v) is 1.17. The zero-order chi connectivity index (χ0) is 11.3. The van der Waals surface area contributed by atoms with Crippen LogP contribution in [0, 0.1) is 25.1 Å². The van der Waals surface area contributed by atoms with E-state index >= 15 is 0 Å². The lowest BCUT2D eigenvalue weighted by Crippen LogP contribution is -2.28. The minimum atomic E-state index is -0.264. The highest BCUT2D eigenvalue weighted by Crippen LogP contribution is 2.13. The summed E-state index contributed by atoms with van der Waals surface area (Å²) in [6, 6.07) is 4.82. The number of rotatable bonds is 2. The molecule has 2 N–H and O–H groups in total. The average molecular weight is 222 g/mol. The van der Waals surface area contributed by atoms with E-state index in [9.17, 15) is 4.39 Å². The average Bonchev–Trinajstić information content (AvgIpc) is 2.20. The molecule has 0 amide bonds. The highest BCUT2D eigenvalue weighted by molar-refractivity contribution is 7.80. The molecule has 0 aliphatic carbocycles. The maximum Gasteiger partial charge on any atom is 0.171 e. The molecular weight excluding hydrogens is 211 g/mol. The number of anilines is 1. The molecule has 0 aromatic heterocycles. The standard InChI is InChI=1S/C11H11FN2S/c1-3-6-13-11(15)14-9-5-4-8(2)10(12)7-9/h1,4-5,7H,6H2,2H3,(H2,13,14,15). The predicted octanol–water partition coefficient (Wildman–Crippen LogP) is 2.05. The smallest absolute Gasteiger partial charge is 0.171 e. The third-order valence-corrected chi connectivity index (χ3v) is 2.03. The van der Waals surface area contributed by atoms with Crippen LogP contribution in [0.5, 0.6) is 0 Å². The maximum atomic E-state index is 13.1. The maximum absolute atomic E-state index is 13.1. The van der Waals surface area contributed by atoms with Gasteiger partial charge < -0.3 is 10.6 Å². The first kappa shape index (κ1) is 11.5. The molecular formula is C11H11FN2S. The van der Waals surface area contributed by atoms with Crippen LogP contribution in [0.15, 0.2) is 18.2 Å². The number of halogens is 1. The molecule has 0 saturated carbocycles. The number of aryl methyl sites for hydroxylation is 1. The molecule has 1 aromatic carbocycles. The van der Waals surface area contributed by atoms with Crippen molar-refractivity contribution in [3.8, 4) is 12.3 Å². The second-order valence-corrected chi connectivity index (χ2v) is 3.38. The van der Waals surface area contributed by atoms with E-state index in [-0.39, 0.29) is 5.82 Å². The molecule has 1 aromatic rings. The van der Waals surface area contributed by atoms with Crippen LogP contribution < -0.4 is 10.6 Å². The fraction of sp³-hybridized carbons (Fsp3) is 0.182. The van der Waals surface area contributed by atoms with Gasteiger partial charge in [-0.25, -0.2) is 4.39 Å². The van der Waals surface area contributed by atoms with E-state index in [1.807, 2.05) is 0 Å². The summed E-state index contributed by atoms with van der Waals surface area (Å²) < 4.78 is 13.1. The minimum Gasteiger partial charge on any atom is -0.352 e. The zero-order valence-electron chi connectivity index (χ0n) is 8.30. The Hall–Kier alpha value is -1.60. The van der Waals surface area contributed by atoms with Crippen molar-refractivity contribution in [3.05, 3.63) is 29.6 Å². The van der Waals surface area contributed by atoms with Gasteiger partial charge in [-0.15, -0.1) is 6.42 Å². The summed E-state index contributed by atoms with van der Waals surface area (Å²) in [5, 5.41) is 5.99. The lowest BCUT2D eigenvalue weighted by Gasteiger charge is -2.08. The van der Waals surface area contributed by atoms with Crippen LogP contribution in [-0.4, -0.2) is 11.7 Å². The monoisotopic (exact) mass is 222 g/mol. The molecule has 0 unspecified atom stereocenters. The molecule has 0 atom stereocenters. The lowest BCUT2D eigenvalue weighted by atomic mass is 10.2. The Morgan fingerprint density at radius 2 is 2.33 bits per heavy atom. The van der Waals surface area contributed by atoms with Crippen LogP contribution in [0.2, 0.25) is 0 Å². The van der Waals surface area contributed by atoms with Gasteiger partial charge in [0, 0.05) is 5.69 Å². The van der Waals surface area contributed by atoms with E-state index < -0.39 is 0 Å². The predicted molar refractivity (Wildman–Crippen MR) is 64.2 cm³/mol. The summed E-state index contributed by atoms with van der Waals surface area (Å²) in [6.07, 6.45) is 5.05. The van der Waals surface area contributed by atoms with Crippen molar-refractivity contribution < 1.29 is 4.39 Å². The highest BCUT2D eigenvalue weighted by atomic mass is 32.1. The van der Waals surface area contributed by atoms with Crippen LogP contribution in [-0.2, 0) is 0 Å². The van der Waals surface area contributed by atoms with Gasteiger partial charge in [-0.1, -0.05) is 12.0 Å². The lowest BCUT2D eigenvalue weighted by molar-refractivity contribution is 0.619. The Labute approximate surface area is 93.9 Å². The molecule has 0 saturated heterocycles. The van der Waals surface area contributed by atoms with Crippen LogP contribution in [0.1, 0.15) is 5.56 Å². The molecule has 0 bridgehead atoms. The van der Waals surface area contributed by atoms with E-state index in [4.69, 9.17) is 18.6 Å². The fourth-order valence-electron chi connectivity index (χ4n) is 0.977. The van der Waals surface area contributed by atoms with E-state index in [1.54, 1.807) is 19.1 Å². The van der Waals surface area contributed by atoms with E-state index in [0.717, 1.165) is 0 Å². The Morgan fingerprint density at radius 3 is 2.93 bits per heavy atom. The number of hydrogen-bond acceptors (Lipinski definition) is 1. The second-order valence-electron chi connectivity index (χ2n) is 2.98. The van der Waals surface area contributed by atoms with E-state index in [1.165, 1.54) is 6.07 Å². The Balaban J connectivity index is 2.62. The summed E-state index contributed by atoms with van der Waals surface area (Å²) in [6.45, 7) is 2.05. The van der Waals surface area contributed by atoms with Gasteiger partial charge in [0.1, 0.15) is 5.82 Å². The number of nitrogens with one attached hydrogen (secondary N) is 2. The molecule has 0 aliphatic rings. The molecule has 0 aliphatic heterocycles. The third kappa shape index (κ3) is 3.56. The molecule has 15 heavy (non-hydrogen) atoms. The Kier molecular flexibility index (Phi) is 4.07. The molecule has 78 valence electrons. The molecule has 2 nitrogen and oxygen atoms in total. The van der Waals surface area contributed by atoms with Crippen LogP contribution in [0.25, 0.3) is 0 Å². The first-order chi connectivity index (χ1) is 7.13. The van der Waals surface area contributed by atoms with Gasteiger partial charge in [-0.05, 0) is 36.8 Å². The normalized spacial score (nSPS) is 9.13. The van der Waals surface area contributed by atoms with Crippen molar-refractivity contribution in [3.63, 3.8) is 0 Å². The van der Waals surface area contributed by atoms with Crippen LogP contribution >= 0.6 is 12.2 Å². The molecule has 0 heterocycles. The number of hydrogen-bond donors (Lipinski definition) is 2. The van der Waals surface area contributed by atoms with Crippen molar-refractivity contribution in [2.75, 3.05) is 11.9 Å². The number of benzene rings is 1. The third-order valence-electron chi connectivity index (χ3n) is 1.78. The zero-order valence-corrected chi connectivity index (χ0v) is 9.12. The highest BCUT2D eigenvalue weighted by Gasteiger charge is 2.00. The number of thiocarbonyl (C=S) groups is 1. The van der Waals surface area contributed by atoms with Crippen molar-refractivity contribution in [2.24, 2.45) is 0 Å². The largest absolute Gasteiger partial charge is 0.352 e. The molecule has 0 fully saturated rings. The Bertz CT molecular complexity index is 410.